The van der Waals surface area contributed by atoms with Gasteiger partial charge in [0.2, 0.25) is 0 Å². The highest BCUT2D eigenvalue weighted by atomic mass is 32.2. The van der Waals surface area contributed by atoms with Gasteiger partial charge < -0.3 is 11.1 Å². The monoisotopic (exact) mass is 324 g/mol. The predicted octanol–water partition coefficient (Wildman–Crippen LogP) is 2.77. The second kappa shape index (κ2) is 6.65. The fourth-order valence-electron chi connectivity index (χ4n) is 1.95. The topological polar surface area (TPSA) is 72.2 Å². The molecular weight excluding hydrogens is 305 g/mol. The first kappa shape index (κ1) is 17.8. The number of nitrogens with one attached hydrogen (secondary N) is 1. The Morgan fingerprint density at radius 3 is 2.29 bits per heavy atom. The summed E-state index contributed by atoms with van der Waals surface area (Å²) >= 11 is 0. The van der Waals surface area contributed by atoms with E-state index >= 15 is 0 Å². The summed E-state index contributed by atoms with van der Waals surface area (Å²) in [4.78, 5) is -0.778. The molecule has 1 rings (SSSR count). The van der Waals surface area contributed by atoms with E-state index in [2.05, 4.69) is 5.32 Å². The van der Waals surface area contributed by atoms with Crippen LogP contribution in [0.3, 0.4) is 0 Å². The van der Waals surface area contributed by atoms with Crippen LogP contribution in [-0.4, -0.2) is 26.5 Å². The normalized spacial score (nSPS) is 14.2. The number of sulfone groups is 1. The number of alkyl halides is 3. The first-order valence-corrected chi connectivity index (χ1v) is 7.95. The lowest BCUT2D eigenvalue weighted by molar-refractivity contribution is -0.0435. The zero-order chi connectivity index (χ0) is 16.3. The summed E-state index contributed by atoms with van der Waals surface area (Å²) in [6.45, 7) is 4.09. The molecule has 1 atom stereocenters. The molecule has 21 heavy (non-hydrogen) atoms. The van der Waals surface area contributed by atoms with E-state index in [4.69, 9.17) is 5.73 Å². The number of halogens is 3. The van der Waals surface area contributed by atoms with Crippen LogP contribution >= 0.6 is 0 Å². The highest BCUT2D eigenvalue weighted by molar-refractivity contribution is 7.92. The van der Waals surface area contributed by atoms with Crippen LogP contribution in [0, 0.1) is 5.92 Å². The van der Waals surface area contributed by atoms with Crippen molar-refractivity contribution in [2.75, 3.05) is 11.9 Å². The maximum absolute atomic E-state index is 12.7. The minimum Gasteiger partial charge on any atom is -0.380 e. The van der Waals surface area contributed by atoms with Gasteiger partial charge in [0.1, 0.15) is 0 Å². The molecule has 0 aromatic heterocycles. The Morgan fingerprint density at radius 1 is 1.24 bits per heavy atom. The Balaban J connectivity index is 3.17. The number of nitrogens with two attached hydrogens (primary N) is 1. The number of para-hydroxylation sites is 1. The Hall–Kier alpha value is -1.28. The number of anilines is 1. The maximum atomic E-state index is 12.7. The smallest absolute Gasteiger partial charge is 0.380 e. The minimum absolute atomic E-state index is 0.0778. The van der Waals surface area contributed by atoms with Crippen LogP contribution in [-0.2, 0) is 9.84 Å². The van der Waals surface area contributed by atoms with Gasteiger partial charge in [-0.3, -0.25) is 0 Å². The Labute approximate surface area is 122 Å². The zero-order valence-corrected chi connectivity index (χ0v) is 12.6. The molecule has 0 spiro atoms. The van der Waals surface area contributed by atoms with Gasteiger partial charge in [0.25, 0.3) is 9.84 Å². The highest BCUT2D eigenvalue weighted by Gasteiger charge is 2.48. The Morgan fingerprint density at radius 2 is 1.81 bits per heavy atom. The number of hydrogen-bond donors (Lipinski definition) is 2. The van der Waals surface area contributed by atoms with Crippen molar-refractivity contribution < 1.29 is 21.6 Å². The quantitative estimate of drug-likeness (QED) is 0.844. The van der Waals surface area contributed by atoms with Crippen molar-refractivity contribution in [3.05, 3.63) is 24.3 Å². The van der Waals surface area contributed by atoms with Crippen LogP contribution in [0.4, 0.5) is 18.9 Å². The van der Waals surface area contributed by atoms with Crippen molar-refractivity contribution in [1.29, 1.82) is 0 Å². The van der Waals surface area contributed by atoms with Crippen molar-refractivity contribution >= 4 is 15.5 Å². The average Bonchev–Trinajstić information content (AvgIpc) is 2.36. The van der Waals surface area contributed by atoms with Gasteiger partial charge in [0.15, 0.2) is 0 Å². The zero-order valence-electron chi connectivity index (χ0n) is 11.8. The second-order valence-corrected chi connectivity index (χ2v) is 7.06. The molecule has 0 aliphatic carbocycles. The molecule has 0 bridgehead atoms. The maximum Gasteiger partial charge on any atom is 0.501 e. The van der Waals surface area contributed by atoms with E-state index in [1.54, 1.807) is 0 Å². The van der Waals surface area contributed by atoms with Gasteiger partial charge in [0.05, 0.1) is 10.6 Å². The van der Waals surface area contributed by atoms with Gasteiger partial charge in [-0.25, -0.2) is 8.42 Å². The molecule has 0 radical (unpaired) electrons. The van der Waals surface area contributed by atoms with Crippen LogP contribution in [0.15, 0.2) is 29.2 Å². The first-order valence-electron chi connectivity index (χ1n) is 6.46. The van der Waals surface area contributed by atoms with Crippen molar-refractivity contribution in [2.24, 2.45) is 11.7 Å². The number of rotatable bonds is 6. The standard InChI is InChI=1S/C13H19F3N2O2S/c1-9(2)7-10(8-17)18-11-5-3-4-6-12(11)21(19,20)13(14,15)16/h3-6,9-10,18H,7-8,17H2,1-2H3. The summed E-state index contributed by atoms with van der Waals surface area (Å²) in [5, 5.41) is 2.80. The fourth-order valence-corrected chi connectivity index (χ4v) is 2.87. The largest absolute Gasteiger partial charge is 0.501 e. The van der Waals surface area contributed by atoms with Gasteiger partial charge in [-0.1, -0.05) is 26.0 Å². The number of hydrogen-bond acceptors (Lipinski definition) is 4. The molecule has 8 heteroatoms. The minimum atomic E-state index is -5.39. The van der Waals surface area contributed by atoms with E-state index < -0.39 is 20.2 Å². The number of benzene rings is 1. The molecule has 0 aliphatic heterocycles. The summed E-state index contributed by atoms with van der Waals surface area (Å²) in [5.74, 6) is 0.275. The van der Waals surface area contributed by atoms with E-state index in [1.165, 1.54) is 18.2 Å². The van der Waals surface area contributed by atoms with Crippen molar-refractivity contribution in [3.8, 4) is 0 Å². The third kappa shape index (κ3) is 4.34. The van der Waals surface area contributed by atoms with Gasteiger partial charge in [-0.15, -0.1) is 0 Å². The molecule has 120 valence electrons. The first-order chi connectivity index (χ1) is 9.59. The van der Waals surface area contributed by atoms with E-state index in [0.717, 1.165) is 6.07 Å². The van der Waals surface area contributed by atoms with Crippen LogP contribution in [0.1, 0.15) is 20.3 Å². The van der Waals surface area contributed by atoms with Gasteiger partial charge in [0, 0.05) is 12.6 Å². The summed E-state index contributed by atoms with van der Waals surface area (Å²) in [6.07, 6.45) is 0.622. The molecule has 0 aliphatic rings. The Kier molecular flexibility index (Phi) is 5.63. The molecule has 0 fully saturated rings. The Bertz CT molecular complexity index is 571. The molecule has 4 nitrogen and oxygen atoms in total. The summed E-state index contributed by atoms with van der Waals surface area (Å²) in [6, 6.07) is 4.68. The van der Waals surface area contributed by atoms with Crippen LogP contribution in [0.5, 0.6) is 0 Å². The fraction of sp³-hybridized carbons (Fsp3) is 0.538. The van der Waals surface area contributed by atoms with E-state index in [-0.39, 0.29) is 24.2 Å². The summed E-state index contributed by atoms with van der Waals surface area (Å²) in [7, 11) is -5.39. The van der Waals surface area contributed by atoms with Gasteiger partial charge in [-0.05, 0) is 24.5 Å². The lowest BCUT2D eigenvalue weighted by Gasteiger charge is -2.22. The van der Waals surface area contributed by atoms with Crippen molar-refractivity contribution in [2.45, 2.75) is 36.7 Å². The molecule has 0 saturated heterocycles. The predicted molar refractivity (Wildman–Crippen MR) is 75.6 cm³/mol. The lowest BCUT2D eigenvalue weighted by atomic mass is 10.0. The third-order valence-corrected chi connectivity index (χ3v) is 4.43. The molecule has 1 aromatic rings. The van der Waals surface area contributed by atoms with Crippen LogP contribution in [0.25, 0.3) is 0 Å². The third-order valence-electron chi connectivity index (χ3n) is 2.88. The van der Waals surface area contributed by atoms with Crippen LogP contribution < -0.4 is 11.1 Å². The molecule has 3 N–H and O–H groups in total. The lowest BCUT2D eigenvalue weighted by Crippen LogP contribution is -2.32. The molecular formula is C13H19F3N2O2S. The SMILES string of the molecule is CC(C)CC(CN)Nc1ccccc1S(=O)(=O)C(F)(F)F. The van der Waals surface area contributed by atoms with Crippen molar-refractivity contribution in [3.63, 3.8) is 0 Å². The van der Waals surface area contributed by atoms with E-state index in [1.807, 2.05) is 13.8 Å². The average molecular weight is 324 g/mol. The van der Waals surface area contributed by atoms with Gasteiger partial charge >= 0.3 is 5.51 Å². The molecule has 0 heterocycles. The molecule has 0 amide bonds. The van der Waals surface area contributed by atoms with E-state index in [0.29, 0.717) is 6.42 Å². The summed E-state index contributed by atoms with van der Waals surface area (Å²) < 4.78 is 61.2. The van der Waals surface area contributed by atoms with Crippen LogP contribution in [0.2, 0.25) is 0 Å². The summed E-state index contributed by atoms with van der Waals surface area (Å²) in [5.41, 5.74) is 0.170. The highest BCUT2D eigenvalue weighted by Crippen LogP contribution is 2.34. The molecule has 1 unspecified atom stereocenters. The molecule has 1 aromatic carbocycles. The van der Waals surface area contributed by atoms with E-state index in [9.17, 15) is 21.6 Å². The van der Waals surface area contributed by atoms with Gasteiger partial charge in [-0.2, -0.15) is 13.2 Å². The van der Waals surface area contributed by atoms with Crippen molar-refractivity contribution in [1.82, 2.24) is 0 Å². The molecule has 0 saturated carbocycles. The second-order valence-electron chi connectivity index (χ2n) is 5.15.